The van der Waals surface area contributed by atoms with Crippen molar-refractivity contribution in [1.29, 1.82) is 0 Å². The molecule has 0 aliphatic heterocycles. The first-order chi connectivity index (χ1) is 7.99. The number of hydrogen-bond donors (Lipinski definition) is 0. The van der Waals surface area contributed by atoms with E-state index < -0.39 is 0 Å². The molecule has 0 saturated heterocycles. The van der Waals surface area contributed by atoms with Crippen molar-refractivity contribution in [3.63, 3.8) is 0 Å². The molecule has 1 aromatic heterocycles. The maximum absolute atomic E-state index is 6.25. The third-order valence-electron chi connectivity index (χ3n) is 2.36. The predicted molar refractivity (Wildman–Crippen MR) is 86.7 cm³/mol. The van der Waals surface area contributed by atoms with E-state index in [1.54, 1.807) is 11.3 Å². The van der Waals surface area contributed by atoms with Crippen LogP contribution in [0.3, 0.4) is 0 Å². The summed E-state index contributed by atoms with van der Waals surface area (Å²) in [5.74, 6) is 0. The number of aryl methyl sites for hydroxylation is 1. The van der Waals surface area contributed by atoms with E-state index in [2.05, 4.69) is 60.8 Å². The maximum atomic E-state index is 6.25. The lowest BCUT2D eigenvalue weighted by Crippen LogP contribution is -1.90. The van der Waals surface area contributed by atoms with Gasteiger partial charge in [0.1, 0.15) is 0 Å². The molecule has 0 bridgehead atoms. The first-order valence-corrected chi connectivity index (χ1v) is 8.53. The van der Waals surface area contributed by atoms with Gasteiger partial charge in [0.2, 0.25) is 0 Å². The van der Waals surface area contributed by atoms with Crippen molar-refractivity contribution in [2.75, 3.05) is 0 Å². The van der Waals surface area contributed by atoms with Crippen LogP contribution in [0.25, 0.3) is 0 Å². The highest BCUT2D eigenvalue weighted by molar-refractivity contribution is 9.11. The zero-order valence-electron chi connectivity index (χ0n) is 8.81. The molecule has 1 aromatic carbocycles. The van der Waals surface area contributed by atoms with Crippen molar-refractivity contribution < 1.29 is 0 Å². The number of halogens is 4. The fourth-order valence-corrected chi connectivity index (χ4v) is 4.76. The Morgan fingerprint density at radius 3 is 2.47 bits per heavy atom. The lowest BCUT2D eigenvalue weighted by atomic mass is 10.1. The van der Waals surface area contributed by atoms with Gasteiger partial charge in [0, 0.05) is 14.4 Å². The molecular weight excluding hydrogens is 451 g/mol. The summed E-state index contributed by atoms with van der Waals surface area (Å²) in [6.07, 6.45) is 0. The predicted octanol–water partition coefficient (Wildman–Crippen LogP) is 6.72. The molecule has 0 N–H and O–H groups in total. The highest BCUT2D eigenvalue weighted by atomic mass is 79.9. The summed E-state index contributed by atoms with van der Waals surface area (Å²) >= 11 is 18.6. The lowest BCUT2D eigenvalue weighted by Gasteiger charge is -2.10. The minimum absolute atomic E-state index is 0.137. The SMILES string of the molecule is Cc1cc(C(Br)c2ccc(Br)cc2Cl)sc1Br. The Kier molecular flexibility index (Phi) is 4.75. The van der Waals surface area contributed by atoms with Gasteiger partial charge in [-0.25, -0.2) is 0 Å². The molecule has 90 valence electrons. The van der Waals surface area contributed by atoms with E-state index >= 15 is 0 Å². The first-order valence-electron chi connectivity index (χ1n) is 4.84. The van der Waals surface area contributed by atoms with E-state index in [4.69, 9.17) is 11.6 Å². The average molecular weight is 459 g/mol. The molecule has 5 heteroatoms. The van der Waals surface area contributed by atoms with Crippen LogP contribution in [0, 0.1) is 6.92 Å². The van der Waals surface area contributed by atoms with Crippen LogP contribution in [-0.2, 0) is 0 Å². The van der Waals surface area contributed by atoms with Crippen LogP contribution < -0.4 is 0 Å². The summed E-state index contributed by atoms with van der Waals surface area (Å²) in [4.78, 5) is 1.39. The molecule has 0 amide bonds. The molecule has 2 aromatic rings. The Labute approximate surface area is 135 Å². The lowest BCUT2D eigenvalue weighted by molar-refractivity contribution is 1.22. The molecule has 0 radical (unpaired) electrons. The third-order valence-corrected chi connectivity index (χ3v) is 6.67. The van der Waals surface area contributed by atoms with Crippen LogP contribution in [0.5, 0.6) is 0 Å². The van der Waals surface area contributed by atoms with Crippen LogP contribution in [-0.4, -0.2) is 0 Å². The van der Waals surface area contributed by atoms with E-state index in [1.807, 2.05) is 18.2 Å². The van der Waals surface area contributed by atoms with Gasteiger partial charge in [0.15, 0.2) is 0 Å². The van der Waals surface area contributed by atoms with Gasteiger partial charge < -0.3 is 0 Å². The number of hydrogen-bond acceptors (Lipinski definition) is 1. The zero-order chi connectivity index (χ0) is 12.6. The number of rotatable bonds is 2. The third kappa shape index (κ3) is 3.16. The van der Waals surface area contributed by atoms with Crippen molar-refractivity contribution >= 4 is 70.7 Å². The topological polar surface area (TPSA) is 0 Å². The van der Waals surface area contributed by atoms with Crippen molar-refractivity contribution in [1.82, 2.24) is 0 Å². The van der Waals surface area contributed by atoms with Crippen molar-refractivity contribution in [3.8, 4) is 0 Å². The molecule has 2 rings (SSSR count). The van der Waals surface area contributed by atoms with Gasteiger partial charge in [-0.3, -0.25) is 0 Å². The van der Waals surface area contributed by atoms with E-state index in [1.165, 1.54) is 14.2 Å². The molecular formula is C12H8Br3ClS. The molecule has 0 nitrogen and oxygen atoms in total. The molecule has 0 aliphatic rings. The fourth-order valence-electron chi connectivity index (χ4n) is 1.47. The van der Waals surface area contributed by atoms with Crippen LogP contribution in [0.4, 0.5) is 0 Å². The van der Waals surface area contributed by atoms with Gasteiger partial charge in [-0.2, -0.15) is 0 Å². The Bertz CT molecular complexity index is 531. The normalized spacial score (nSPS) is 12.8. The van der Waals surface area contributed by atoms with Gasteiger partial charge in [0.25, 0.3) is 0 Å². The molecule has 0 saturated carbocycles. The van der Waals surface area contributed by atoms with Crippen LogP contribution >= 0.6 is 70.7 Å². The molecule has 0 aliphatic carbocycles. The molecule has 1 atom stereocenters. The molecule has 0 spiro atoms. The summed E-state index contributed by atoms with van der Waals surface area (Å²) in [5.41, 5.74) is 2.34. The second-order valence-corrected chi connectivity index (χ2v) is 8.27. The van der Waals surface area contributed by atoms with Crippen LogP contribution in [0.15, 0.2) is 32.5 Å². The number of benzene rings is 1. The minimum atomic E-state index is 0.137. The van der Waals surface area contributed by atoms with E-state index in [-0.39, 0.29) is 4.83 Å². The second-order valence-electron chi connectivity index (χ2n) is 3.63. The first kappa shape index (κ1) is 14.1. The molecule has 0 fully saturated rings. The molecule has 17 heavy (non-hydrogen) atoms. The van der Waals surface area contributed by atoms with Gasteiger partial charge >= 0.3 is 0 Å². The van der Waals surface area contributed by atoms with Gasteiger partial charge in [-0.05, 0) is 52.2 Å². The highest BCUT2D eigenvalue weighted by Crippen LogP contribution is 2.41. The maximum Gasteiger partial charge on any atom is 0.0752 e. The Hall–Kier alpha value is 0.650. The summed E-state index contributed by atoms with van der Waals surface area (Å²) in [5, 5.41) is 0.767. The Morgan fingerprint density at radius 1 is 1.24 bits per heavy atom. The average Bonchev–Trinajstić information content (AvgIpc) is 2.58. The summed E-state index contributed by atoms with van der Waals surface area (Å²) in [7, 11) is 0. The monoisotopic (exact) mass is 456 g/mol. The fraction of sp³-hybridized carbons (Fsp3) is 0.167. The van der Waals surface area contributed by atoms with Gasteiger partial charge in [-0.15, -0.1) is 11.3 Å². The summed E-state index contributed by atoms with van der Waals surface area (Å²) in [6.45, 7) is 2.09. The smallest absolute Gasteiger partial charge is 0.0752 e. The van der Waals surface area contributed by atoms with Crippen LogP contribution in [0.2, 0.25) is 5.02 Å². The largest absolute Gasteiger partial charge is 0.131 e. The van der Waals surface area contributed by atoms with Crippen molar-refractivity contribution in [2.24, 2.45) is 0 Å². The Morgan fingerprint density at radius 2 is 1.94 bits per heavy atom. The van der Waals surface area contributed by atoms with Crippen LogP contribution in [0.1, 0.15) is 20.8 Å². The molecule has 1 heterocycles. The van der Waals surface area contributed by atoms with E-state index in [0.29, 0.717) is 0 Å². The standard InChI is InChI=1S/C12H8Br3ClS/c1-6-4-10(17-12(6)15)11(14)8-3-2-7(13)5-9(8)16/h2-5,11H,1H3. The van der Waals surface area contributed by atoms with Gasteiger partial charge in [0.05, 0.1) is 8.61 Å². The summed E-state index contributed by atoms with van der Waals surface area (Å²) in [6, 6.07) is 8.13. The minimum Gasteiger partial charge on any atom is -0.131 e. The van der Waals surface area contributed by atoms with Crippen molar-refractivity contribution in [3.05, 3.63) is 53.6 Å². The number of thiophene rings is 1. The number of alkyl halides is 1. The zero-order valence-corrected chi connectivity index (χ0v) is 15.1. The summed E-state index contributed by atoms with van der Waals surface area (Å²) < 4.78 is 2.17. The Balaban J connectivity index is 2.39. The highest BCUT2D eigenvalue weighted by Gasteiger charge is 2.17. The second kappa shape index (κ2) is 5.74. The quantitative estimate of drug-likeness (QED) is 0.438. The van der Waals surface area contributed by atoms with Gasteiger partial charge in [-0.1, -0.05) is 49.5 Å². The molecule has 1 unspecified atom stereocenters. The van der Waals surface area contributed by atoms with E-state index in [0.717, 1.165) is 15.1 Å². The van der Waals surface area contributed by atoms with Crippen molar-refractivity contribution in [2.45, 2.75) is 11.8 Å². The van der Waals surface area contributed by atoms with E-state index in [9.17, 15) is 0 Å².